The zero-order valence-corrected chi connectivity index (χ0v) is 6.71. The molecule has 63 valence electrons. The largest absolute Gasteiger partial charge is 0.351 e. The zero-order valence-electron chi connectivity index (χ0n) is 6.71. The van der Waals surface area contributed by atoms with Gasteiger partial charge in [-0.1, -0.05) is 12.1 Å². The van der Waals surface area contributed by atoms with Gasteiger partial charge < -0.3 is 11.1 Å². The summed E-state index contributed by atoms with van der Waals surface area (Å²) in [5.41, 5.74) is 5.85. The first-order valence-electron chi connectivity index (χ1n) is 3.79. The second-order valence-corrected chi connectivity index (χ2v) is 2.34. The minimum atomic E-state index is -0.0997. The molecule has 3 N–H and O–H groups in total. The number of hydrogen-bond acceptors (Lipinski definition) is 2. The first-order chi connectivity index (χ1) is 5.84. The molecule has 0 aliphatic rings. The van der Waals surface area contributed by atoms with Crippen LogP contribution in [0.25, 0.3) is 0 Å². The van der Waals surface area contributed by atoms with E-state index in [1.54, 1.807) is 24.3 Å². The van der Waals surface area contributed by atoms with E-state index in [9.17, 15) is 4.79 Å². The highest BCUT2D eigenvalue weighted by molar-refractivity contribution is 5.93. The molecule has 12 heavy (non-hydrogen) atoms. The molecule has 1 radical (unpaired) electrons. The van der Waals surface area contributed by atoms with Crippen LogP contribution in [0.5, 0.6) is 0 Å². The van der Waals surface area contributed by atoms with Gasteiger partial charge >= 0.3 is 0 Å². The van der Waals surface area contributed by atoms with Crippen molar-refractivity contribution in [2.24, 2.45) is 5.73 Å². The van der Waals surface area contributed by atoms with Gasteiger partial charge in [0.15, 0.2) is 0 Å². The average Bonchev–Trinajstić information content (AvgIpc) is 2.15. The number of nitrogens with one attached hydrogen (secondary N) is 1. The molecular weight excluding hydrogens is 152 g/mol. The Hall–Kier alpha value is -1.35. The van der Waals surface area contributed by atoms with Crippen molar-refractivity contribution in [3.8, 4) is 0 Å². The average molecular weight is 163 g/mol. The molecule has 1 rings (SSSR count). The predicted molar refractivity (Wildman–Crippen MR) is 46.7 cm³/mol. The van der Waals surface area contributed by atoms with Crippen molar-refractivity contribution >= 4 is 5.91 Å². The molecule has 0 saturated carbocycles. The van der Waals surface area contributed by atoms with Crippen LogP contribution < -0.4 is 11.1 Å². The highest BCUT2D eigenvalue weighted by atomic mass is 16.1. The van der Waals surface area contributed by atoms with Crippen LogP contribution in [0.2, 0.25) is 0 Å². The van der Waals surface area contributed by atoms with Gasteiger partial charge in [0.1, 0.15) is 0 Å². The van der Waals surface area contributed by atoms with Crippen molar-refractivity contribution < 1.29 is 4.79 Å². The number of amides is 1. The molecule has 0 saturated heterocycles. The van der Waals surface area contributed by atoms with Gasteiger partial charge in [-0.05, 0) is 18.2 Å². The smallest absolute Gasteiger partial charge is 0.251 e. The maximum absolute atomic E-state index is 11.2. The molecule has 0 heterocycles. The van der Waals surface area contributed by atoms with Crippen molar-refractivity contribution in [1.29, 1.82) is 0 Å². The molecule has 0 bridgehead atoms. The first-order valence-corrected chi connectivity index (χ1v) is 3.79. The Morgan fingerprint density at radius 3 is 3.08 bits per heavy atom. The van der Waals surface area contributed by atoms with Gasteiger partial charge in [0, 0.05) is 18.7 Å². The molecule has 3 heteroatoms. The predicted octanol–water partition coefficient (Wildman–Crippen LogP) is 0.175. The molecule has 0 fully saturated rings. The van der Waals surface area contributed by atoms with Gasteiger partial charge in [-0.15, -0.1) is 0 Å². The number of carbonyl (C=O) groups excluding carboxylic acids is 1. The second kappa shape index (κ2) is 4.51. The van der Waals surface area contributed by atoms with Crippen molar-refractivity contribution in [2.75, 3.05) is 13.1 Å². The molecular formula is C9H11N2O. The Kier molecular flexibility index (Phi) is 3.29. The molecule has 1 amide bonds. The van der Waals surface area contributed by atoms with Crippen LogP contribution in [0.1, 0.15) is 10.4 Å². The molecule has 0 aromatic heterocycles. The molecule has 0 aliphatic heterocycles. The first kappa shape index (κ1) is 8.74. The van der Waals surface area contributed by atoms with Gasteiger partial charge in [-0.2, -0.15) is 0 Å². The SMILES string of the molecule is NCCNC(=O)c1c[c]ccc1. The van der Waals surface area contributed by atoms with E-state index in [0.29, 0.717) is 18.7 Å². The summed E-state index contributed by atoms with van der Waals surface area (Å²) in [7, 11) is 0. The van der Waals surface area contributed by atoms with Crippen LogP contribution in [-0.2, 0) is 0 Å². The zero-order chi connectivity index (χ0) is 8.81. The second-order valence-electron chi connectivity index (χ2n) is 2.34. The molecule has 1 aromatic carbocycles. The molecule has 0 atom stereocenters. The van der Waals surface area contributed by atoms with Gasteiger partial charge in [-0.3, -0.25) is 4.79 Å². The van der Waals surface area contributed by atoms with E-state index in [1.165, 1.54) is 0 Å². The summed E-state index contributed by atoms with van der Waals surface area (Å²) in [6.45, 7) is 0.968. The summed E-state index contributed by atoms with van der Waals surface area (Å²) in [4.78, 5) is 11.2. The summed E-state index contributed by atoms with van der Waals surface area (Å²) >= 11 is 0. The Bertz CT molecular complexity index is 246. The van der Waals surface area contributed by atoms with Crippen molar-refractivity contribution in [3.63, 3.8) is 0 Å². The van der Waals surface area contributed by atoms with Crippen molar-refractivity contribution in [3.05, 3.63) is 35.9 Å². The number of rotatable bonds is 3. The summed E-state index contributed by atoms with van der Waals surface area (Å²) in [5.74, 6) is -0.0997. The van der Waals surface area contributed by atoms with Crippen LogP contribution in [0, 0.1) is 6.07 Å². The minimum absolute atomic E-state index is 0.0997. The lowest BCUT2D eigenvalue weighted by atomic mass is 10.2. The van der Waals surface area contributed by atoms with E-state index in [2.05, 4.69) is 11.4 Å². The van der Waals surface area contributed by atoms with Crippen molar-refractivity contribution in [1.82, 2.24) is 5.32 Å². The number of carbonyl (C=O) groups is 1. The summed E-state index contributed by atoms with van der Waals surface area (Å²) in [6, 6.07) is 9.73. The van der Waals surface area contributed by atoms with E-state index < -0.39 is 0 Å². The summed E-state index contributed by atoms with van der Waals surface area (Å²) in [5, 5.41) is 2.66. The number of hydrogen-bond donors (Lipinski definition) is 2. The van der Waals surface area contributed by atoms with Gasteiger partial charge in [0.05, 0.1) is 0 Å². The third-order valence-corrected chi connectivity index (χ3v) is 1.40. The highest BCUT2D eigenvalue weighted by Crippen LogP contribution is 1.96. The lowest BCUT2D eigenvalue weighted by Crippen LogP contribution is -2.28. The Balaban J connectivity index is 2.54. The number of nitrogens with two attached hydrogens (primary N) is 1. The maximum atomic E-state index is 11.2. The monoisotopic (exact) mass is 163 g/mol. The Labute approximate surface area is 71.6 Å². The van der Waals surface area contributed by atoms with E-state index in [4.69, 9.17) is 5.73 Å². The summed E-state index contributed by atoms with van der Waals surface area (Å²) in [6.07, 6.45) is 0. The van der Waals surface area contributed by atoms with E-state index in [1.807, 2.05) is 0 Å². The third kappa shape index (κ3) is 2.36. The third-order valence-electron chi connectivity index (χ3n) is 1.40. The standard InChI is InChI=1S/C9H11N2O/c10-6-7-11-9(12)8-4-2-1-3-5-8/h1-2,4-5H,6-7,10H2,(H,11,12). The molecule has 0 unspecified atom stereocenters. The molecule has 0 aliphatic carbocycles. The minimum Gasteiger partial charge on any atom is -0.351 e. The van der Waals surface area contributed by atoms with E-state index in [-0.39, 0.29) is 5.91 Å². The van der Waals surface area contributed by atoms with Crippen LogP contribution in [0.3, 0.4) is 0 Å². The van der Waals surface area contributed by atoms with Crippen LogP contribution >= 0.6 is 0 Å². The normalized spacial score (nSPS) is 9.42. The van der Waals surface area contributed by atoms with E-state index in [0.717, 1.165) is 0 Å². The van der Waals surface area contributed by atoms with Gasteiger partial charge in [0.2, 0.25) is 0 Å². The number of benzene rings is 1. The maximum Gasteiger partial charge on any atom is 0.251 e. The fourth-order valence-electron chi connectivity index (χ4n) is 0.822. The summed E-state index contributed by atoms with van der Waals surface area (Å²) < 4.78 is 0. The quantitative estimate of drug-likeness (QED) is 0.667. The van der Waals surface area contributed by atoms with Gasteiger partial charge in [-0.25, -0.2) is 0 Å². The van der Waals surface area contributed by atoms with Crippen molar-refractivity contribution in [2.45, 2.75) is 0 Å². The highest BCUT2D eigenvalue weighted by Gasteiger charge is 2.01. The fraction of sp³-hybridized carbons (Fsp3) is 0.222. The molecule has 3 nitrogen and oxygen atoms in total. The van der Waals surface area contributed by atoms with Crippen LogP contribution in [0.4, 0.5) is 0 Å². The molecule has 1 aromatic rings. The Morgan fingerprint density at radius 1 is 1.67 bits per heavy atom. The lowest BCUT2D eigenvalue weighted by molar-refractivity contribution is 0.0955. The fourth-order valence-corrected chi connectivity index (χ4v) is 0.822. The Morgan fingerprint density at radius 2 is 2.50 bits per heavy atom. The van der Waals surface area contributed by atoms with Crippen LogP contribution in [-0.4, -0.2) is 19.0 Å². The lowest BCUT2D eigenvalue weighted by Gasteiger charge is -2.01. The topological polar surface area (TPSA) is 55.1 Å². The molecule has 0 spiro atoms. The van der Waals surface area contributed by atoms with Crippen LogP contribution in [0.15, 0.2) is 24.3 Å². The van der Waals surface area contributed by atoms with Gasteiger partial charge in [0.25, 0.3) is 5.91 Å². The van der Waals surface area contributed by atoms with E-state index >= 15 is 0 Å².